The van der Waals surface area contributed by atoms with Crippen LogP contribution in [-0.4, -0.2) is 9.13 Å². The molecule has 11 rings (SSSR count). The van der Waals surface area contributed by atoms with Crippen molar-refractivity contribution >= 4 is 107 Å². The molecule has 230 valence electrons. The Hall–Kier alpha value is -6.44. The molecule has 0 saturated carbocycles. The number of thiophene rings is 2. The van der Waals surface area contributed by atoms with E-state index in [1.165, 1.54) is 45.7 Å². The second-order valence-electron chi connectivity index (χ2n) is 12.7. The maximum absolute atomic E-state index is 10.7. The van der Waals surface area contributed by atoms with Gasteiger partial charge < -0.3 is 9.13 Å². The molecule has 0 aliphatic carbocycles. The van der Waals surface area contributed by atoms with Gasteiger partial charge in [-0.2, -0.15) is 10.5 Å². The van der Waals surface area contributed by atoms with Crippen LogP contribution < -0.4 is 0 Å². The smallest absolute Gasteiger partial charge is 0.103 e. The minimum absolute atomic E-state index is 0.350. The Bertz CT molecular complexity index is 3360. The maximum atomic E-state index is 10.7. The van der Waals surface area contributed by atoms with Gasteiger partial charge in [-0.1, -0.05) is 84.9 Å². The van der Waals surface area contributed by atoms with E-state index in [1.54, 1.807) is 11.3 Å². The average molecular weight is 671 g/mol. The van der Waals surface area contributed by atoms with Crippen LogP contribution in [0.3, 0.4) is 0 Å². The Labute approximate surface area is 293 Å². The zero-order valence-electron chi connectivity index (χ0n) is 26.3. The Balaban J connectivity index is 1.27. The highest BCUT2D eigenvalue weighted by Gasteiger charge is 2.23. The lowest BCUT2D eigenvalue weighted by atomic mass is 10.0. The summed E-state index contributed by atoms with van der Waals surface area (Å²) in [6, 6.07) is 51.7. The van der Waals surface area contributed by atoms with E-state index >= 15 is 0 Å². The third-order valence-electron chi connectivity index (χ3n) is 10.2. The predicted molar refractivity (Wildman–Crippen MR) is 210 cm³/mol. The number of nitrogens with zero attached hydrogens (tertiary/aromatic N) is 4. The fourth-order valence-corrected chi connectivity index (χ4v) is 10.6. The number of benzene rings is 7. The van der Waals surface area contributed by atoms with Gasteiger partial charge in [0.15, 0.2) is 0 Å². The van der Waals surface area contributed by atoms with Crippen LogP contribution in [0.15, 0.2) is 133 Å². The van der Waals surface area contributed by atoms with Gasteiger partial charge in [-0.05, 0) is 48.5 Å². The third-order valence-corrected chi connectivity index (χ3v) is 12.6. The molecule has 6 heteroatoms. The number of aromatic nitrogens is 2. The van der Waals surface area contributed by atoms with Crippen LogP contribution in [0.2, 0.25) is 0 Å². The van der Waals surface area contributed by atoms with Crippen LogP contribution in [0.1, 0.15) is 11.1 Å². The summed E-state index contributed by atoms with van der Waals surface area (Å²) < 4.78 is 9.44. The molecule has 0 aliphatic heterocycles. The van der Waals surface area contributed by atoms with Crippen molar-refractivity contribution in [1.29, 1.82) is 10.5 Å². The maximum Gasteiger partial charge on any atom is 0.103 e. The van der Waals surface area contributed by atoms with Crippen molar-refractivity contribution in [3.8, 4) is 23.5 Å². The minimum Gasteiger partial charge on any atom is -0.309 e. The van der Waals surface area contributed by atoms with E-state index in [0.717, 1.165) is 43.9 Å². The molecular weight excluding hydrogens is 649 g/mol. The van der Waals surface area contributed by atoms with Gasteiger partial charge in [0.2, 0.25) is 0 Å². The van der Waals surface area contributed by atoms with E-state index in [1.807, 2.05) is 23.5 Å². The molecule has 11 aromatic rings. The molecule has 0 aliphatic rings. The van der Waals surface area contributed by atoms with E-state index in [0.29, 0.717) is 16.8 Å². The second kappa shape index (κ2) is 10.0. The normalized spacial score (nSPS) is 12.0. The molecule has 0 N–H and O–H groups in total. The monoisotopic (exact) mass is 670 g/mol. The highest BCUT2D eigenvalue weighted by Crippen LogP contribution is 2.46. The first-order chi connectivity index (χ1) is 24.7. The van der Waals surface area contributed by atoms with Gasteiger partial charge in [-0.15, -0.1) is 22.7 Å². The number of hydrogen-bond donors (Lipinski definition) is 0. The van der Waals surface area contributed by atoms with Crippen molar-refractivity contribution in [2.45, 2.75) is 0 Å². The Kier molecular flexibility index (Phi) is 5.52. The third kappa shape index (κ3) is 3.51. The zero-order valence-corrected chi connectivity index (χ0v) is 27.9. The first-order valence-electron chi connectivity index (χ1n) is 16.4. The molecule has 0 amide bonds. The summed E-state index contributed by atoms with van der Waals surface area (Å²) in [7, 11) is 0. The molecule has 0 fully saturated rings. The van der Waals surface area contributed by atoms with E-state index in [4.69, 9.17) is 0 Å². The molecule has 0 bridgehead atoms. The largest absolute Gasteiger partial charge is 0.309 e. The molecule has 0 saturated heterocycles. The molecule has 0 spiro atoms. The van der Waals surface area contributed by atoms with Crippen molar-refractivity contribution in [3.05, 3.63) is 145 Å². The van der Waals surface area contributed by atoms with Crippen molar-refractivity contribution in [2.24, 2.45) is 0 Å². The highest BCUT2D eigenvalue weighted by molar-refractivity contribution is 7.27. The molecular formula is C44H22N4S2. The number of nitriles is 2. The predicted octanol–water partition coefficient (Wildman–Crippen LogP) is 12.4. The first-order valence-corrected chi connectivity index (χ1v) is 18.0. The van der Waals surface area contributed by atoms with Gasteiger partial charge in [0.25, 0.3) is 0 Å². The summed E-state index contributed by atoms with van der Waals surface area (Å²) in [6.45, 7) is 0. The summed E-state index contributed by atoms with van der Waals surface area (Å²) in [5.41, 5.74) is 6.39. The molecule has 50 heavy (non-hydrogen) atoms. The number of rotatable bonds is 2. The molecule has 4 aromatic heterocycles. The minimum atomic E-state index is 0.350. The van der Waals surface area contributed by atoms with Crippen LogP contribution in [0.4, 0.5) is 0 Å². The van der Waals surface area contributed by atoms with Gasteiger partial charge in [0.1, 0.15) is 12.1 Å². The first kappa shape index (κ1) is 27.5. The van der Waals surface area contributed by atoms with Crippen molar-refractivity contribution < 1.29 is 0 Å². The fourth-order valence-electron chi connectivity index (χ4n) is 8.13. The van der Waals surface area contributed by atoms with Gasteiger partial charge in [-0.25, -0.2) is 0 Å². The second-order valence-corrected chi connectivity index (χ2v) is 14.8. The molecule has 4 nitrogen and oxygen atoms in total. The van der Waals surface area contributed by atoms with Gasteiger partial charge >= 0.3 is 0 Å². The lowest BCUT2D eigenvalue weighted by Crippen LogP contribution is -2.04. The van der Waals surface area contributed by atoms with Crippen LogP contribution in [0.5, 0.6) is 0 Å². The Morgan fingerprint density at radius 2 is 0.940 bits per heavy atom. The zero-order chi connectivity index (χ0) is 33.1. The van der Waals surface area contributed by atoms with E-state index in [-0.39, 0.29) is 0 Å². The average Bonchev–Trinajstić information content (AvgIpc) is 3.91. The molecule has 4 heterocycles. The lowest BCUT2D eigenvalue weighted by Gasteiger charge is -2.15. The topological polar surface area (TPSA) is 57.4 Å². The summed E-state index contributed by atoms with van der Waals surface area (Å²) in [5, 5.41) is 30.9. The molecule has 7 aromatic carbocycles. The van der Waals surface area contributed by atoms with Crippen LogP contribution in [-0.2, 0) is 0 Å². The van der Waals surface area contributed by atoms with E-state index in [2.05, 4.69) is 143 Å². The molecule has 0 unspecified atom stereocenters. The number of fused-ring (bicyclic) bond motifs is 14. The summed E-state index contributed by atoms with van der Waals surface area (Å²) >= 11 is 3.63. The quantitative estimate of drug-likeness (QED) is 0.184. The number of hydrogen-bond acceptors (Lipinski definition) is 4. The molecule has 0 radical (unpaired) electrons. The molecule has 0 atom stereocenters. The number of para-hydroxylation sites is 2. The highest BCUT2D eigenvalue weighted by atomic mass is 32.1. The summed E-state index contributed by atoms with van der Waals surface area (Å²) in [4.78, 5) is 0. The van der Waals surface area contributed by atoms with Crippen LogP contribution in [0.25, 0.3) is 95.3 Å². The lowest BCUT2D eigenvalue weighted by molar-refractivity contribution is 1.12. The van der Waals surface area contributed by atoms with E-state index in [9.17, 15) is 10.5 Å². The standard InChI is InChI=1S/C44H22N4S2/c45-23-25-21-26(47-34-13-5-1-11-31(34)41-36(47)19-17-29-27-9-3-7-15-39(27)49-43(29)41)22-38(33(25)24-46)48-35-14-6-2-12-32(35)42-37(48)20-18-30-28-10-4-8-16-40(28)50-44(30)42/h1-22H. The van der Waals surface area contributed by atoms with Gasteiger partial charge in [0.05, 0.1) is 38.9 Å². The van der Waals surface area contributed by atoms with Crippen LogP contribution >= 0.6 is 22.7 Å². The van der Waals surface area contributed by atoms with E-state index < -0.39 is 0 Å². The van der Waals surface area contributed by atoms with Gasteiger partial charge in [-0.3, -0.25) is 0 Å². The Morgan fingerprint density at radius 3 is 1.50 bits per heavy atom. The summed E-state index contributed by atoms with van der Waals surface area (Å²) in [6.07, 6.45) is 0. The van der Waals surface area contributed by atoms with Crippen molar-refractivity contribution in [2.75, 3.05) is 0 Å². The van der Waals surface area contributed by atoms with Gasteiger partial charge in [0, 0.05) is 67.6 Å². The SMILES string of the molecule is N#Cc1cc(-n2c3ccccc3c3c4sc5ccccc5c4ccc32)cc(-n2c3ccccc3c3c4sc5ccccc5c4ccc32)c1C#N. The Morgan fingerprint density at radius 1 is 0.440 bits per heavy atom. The van der Waals surface area contributed by atoms with Crippen molar-refractivity contribution in [1.82, 2.24) is 9.13 Å². The van der Waals surface area contributed by atoms with Crippen molar-refractivity contribution in [3.63, 3.8) is 0 Å². The summed E-state index contributed by atoms with van der Waals surface area (Å²) in [5.74, 6) is 0. The van der Waals surface area contributed by atoms with Crippen LogP contribution in [0, 0.1) is 22.7 Å². The fraction of sp³-hybridized carbons (Fsp3) is 0.